The Kier molecular flexibility index (Phi) is 4.63. The maximum Gasteiger partial charge on any atom is 0.279 e. The van der Waals surface area contributed by atoms with E-state index < -0.39 is 5.91 Å². The number of halogens is 1. The maximum atomic E-state index is 13.3. The van der Waals surface area contributed by atoms with E-state index in [1.807, 2.05) is 17.8 Å². The van der Waals surface area contributed by atoms with Crippen LogP contribution in [0.2, 0.25) is 5.02 Å². The van der Waals surface area contributed by atoms with E-state index in [0.29, 0.717) is 28.4 Å². The van der Waals surface area contributed by atoms with Gasteiger partial charge in [-0.2, -0.15) is 14.7 Å². The van der Waals surface area contributed by atoms with Gasteiger partial charge in [-0.25, -0.2) is 4.98 Å². The highest BCUT2D eigenvalue weighted by molar-refractivity contribution is 6.30. The average Bonchev–Trinajstić information content (AvgIpc) is 3.40. The standard InChI is InChI=1S/C20H20ClN9O2/c1-10-15(9-29(27-10)12-3-4-12)28-8-11(21)5-14(20(28)32)25-16-6-17(23-2)30-19(26-16)13(7-24-30)18(22)31/h5-9,12,23H,3-4H2,1-2H3,(H2,22,31)(H,25,26). The molecule has 4 N–H and O–H groups in total. The molecule has 0 aliphatic heterocycles. The summed E-state index contributed by atoms with van der Waals surface area (Å²) >= 11 is 6.34. The largest absolute Gasteiger partial charge is 0.373 e. The van der Waals surface area contributed by atoms with Crippen LogP contribution in [0.25, 0.3) is 11.3 Å². The zero-order chi connectivity index (χ0) is 22.6. The molecular formula is C20H20ClN9O2. The van der Waals surface area contributed by atoms with Crippen LogP contribution in [0.15, 0.2) is 35.5 Å². The number of hydrogen-bond donors (Lipinski definition) is 3. The molecule has 11 nitrogen and oxygen atoms in total. The van der Waals surface area contributed by atoms with Gasteiger partial charge in [0.05, 0.1) is 28.6 Å². The van der Waals surface area contributed by atoms with Crippen molar-refractivity contribution < 1.29 is 4.79 Å². The molecule has 0 saturated heterocycles. The van der Waals surface area contributed by atoms with Crippen LogP contribution in [-0.4, -0.2) is 41.9 Å². The Morgan fingerprint density at radius 2 is 2.06 bits per heavy atom. The van der Waals surface area contributed by atoms with Gasteiger partial charge in [-0.3, -0.25) is 18.8 Å². The van der Waals surface area contributed by atoms with Gasteiger partial charge in [0.25, 0.3) is 11.5 Å². The van der Waals surface area contributed by atoms with E-state index in [0.717, 1.165) is 18.5 Å². The van der Waals surface area contributed by atoms with E-state index in [1.54, 1.807) is 19.3 Å². The zero-order valence-corrected chi connectivity index (χ0v) is 18.1. The van der Waals surface area contributed by atoms with Crippen LogP contribution in [0.1, 0.15) is 34.9 Å². The van der Waals surface area contributed by atoms with Gasteiger partial charge < -0.3 is 16.4 Å². The van der Waals surface area contributed by atoms with Crippen LogP contribution in [0.4, 0.5) is 17.3 Å². The third kappa shape index (κ3) is 3.36. The third-order valence-corrected chi connectivity index (χ3v) is 5.52. The number of aromatic nitrogens is 6. The highest BCUT2D eigenvalue weighted by atomic mass is 35.5. The topological polar surface area (TPSA) is 137 Å². The molecule has 1 fully saturated rings. The number of anilines is 3. The number of carbonyl (C=O) groups excluding carboxylic acids is 1. The number of nitrogens with one attached hydrogen (secondary N) is 2. The second-order valence-corrected chi connectivity index (χ2v) is 8.05. The van der Waals surface area contributed by atoms with E-state index in [-0.39, 0.29) is 22.5 Å². The summed E-state index contributed by atoms with van der Waals surface area (Å²) in [5.74, 6) is 0.218. The van der Waals surface area contributed by atoms with Crippen LogP contribution in [0, 0.1) is 6.92 Å². The number of fused-ring (bicyclic) bond motifs is 1. The van der Waals surface area contributed by atoms with Crippen molar-refractivity contribution in [2.45, 2.75) is 25.8 Å². The number of rotatable bonds is 6. The molecule has 12 heteroatoms. The van der Waals surface area contributed by atoms with Gasteiger partial charge in [-0.15, -0.1) is 0 Å². The molecule has 0 bridgehead atoms. The molecule has 4 aromatic rings. The first kappa shape index (κ1) is 20.1. The van der Waals surface area contributed by atoms with E-state index in [1.165, 1.54) is 21.3 Å². The fourth-order valence-electron chi connectivity index (χ4n) is 3.57. The van der Waals surface area contributed by atoms with E-state index in [9.17, 15) is 9.59 Å². The van der Waals surface area contributed by atoms with Gasteiger partial charge in [0.2, 0.25) is 0 Å². The second-order valence-electron chi connectivity index (χ2n) is 7.62. The summed E-state index contributed by atoms with van der Waals surface area (Å²) in [6.45, 7) is 1.86. The first-order valence-electron chi connectivity index (χ1n) is 9.97. The summed E-state index contributed by atoms with van der Waals surface area (Å²) in [6, 6.07) is 3.57. The molecule has 1 saturated carbocycles. The lowest BCUT2D eigenvalue weighted by Gasteiger charge is -2.12. The molecule has 1 aliphatic rings. The molecule has 0 atom stereocenters. The molecular weight excluding hydrogens is 434 g/mol. The Morgan fingerprint density at radius 1 is 1.28 bits per heavy atom. The fourth-order valence-corrected chi connectivity index (χ4v) is 3.78. The number of hydrogen-bond acceptors (Lipinski definition) is 7. The lowest BCUT2D eigenvalue weighted by Crippen LogP contribution is -2.21. The zero-order valence-electron chi connectivity index (χ0n) is 17.3. The predicted molar refractivity (Wildman–Crippen MR) is 120 cm³/mol. The number of pyridine rings is 1. The van der Waals surface area contributed by atoms with Gasteiger partial charge in [0.15, 0.2) is 5.65 Å². The van der Waals surface area contributed by atoms with Gasteiger partial charge >= 0.3 is 0 Å². The Bertz CT molecular complexity index is 1430. The molecule has 1 aliphatic carbocycles. The Balaban J connectivity index is 1.59. The predicted octanol–water partition coefficient (Wildman–Crippen LogP) is 2.26. The molecule has 4 aromatic heterocycles. The van der Waals surface area contributed by atoms with Crippen molar-refractivity contribution in [1.29, 1.82) is 0 Å². The molecule has 4 heterocycles. The highest BCUT2D eigenvalue weighted by Gasteiger charge is 2.26. The number of aryl methyl sites for hydroxylation is 1. The number of carbonyl (C=O) groups is 1. The number of primary amides is 1. The van der Waals surface area contributed by atoms with Gasteiger partial charge in [0, 0.05) is 25.5 Å². The van der Waals surface area contributed by atoms with Crippen LogP contribution >= 0.6 is 11.6 Å². The SMILES string of the molecule is CNc1cc(Nc2cc(Cl)cn(-c3cn(C4CC4)nc3C)c2=O)nc2c(C(N)=O)cnn12. The molecule has 32 heavy (non-hydrogen) atoms. The number of nitrogens with zero attached hydrogens (tertiary/aromatic N) is 6. The summed E-state index contributed by atoms with van der Waals surface area (Å²) < 4.78 is 4.82. The van der Waals surface area contributed by atoms with Gasteiger partial charge in [-0.05, 0) is 25.8 Å². The normalized spacial score (nSPS) is 13.5. The number of amides is 1. The third-order valence-electron chi connectivity index (χ3n) is 5.31. The average molecular weight is 454 g/mol. The van der Waals surface area contributed by atoms with Crippen molar-refractivity contribution in [3.8, 4) is 5.69 Å². The summed E-state index contributed by atoms with van der Waals surface area (Å²) in [4.78, 5) is 29.5. The second kappa shape index (κ2) is 7.38. The quantitative estimate of drug-likeness (QED) is 0.407. The lowest BCUT2D eigenvalue weighted by molar-refractivity contribution is 0.100. The summed E-state index contributed by atoms with van der Waals surface area (Å²) in [5.41, 5.74) is 7.16. The summed E-state index contributed by atoms with van der Waals surface area (Å²) in [7, 11) is 1.71. The van der Waals surface area contributed by atoms with Gasteiger partial charge in [0.1, 0.15) is 22.9 Å². The first-order valence-corrected chi connectivity index (χ1v) is 10.3. The smallest absolute Gasteiger partial charge is 0.279 e. The molecule has 0 aromatic carbocycles. The van der Waals surface area contributed by atoms with Crippen molar-refractivity contribution in [3.05, 3.63) is 57.4 Å². The van der Waals surface area contributed by atoms with E-state index in [4.69, 9.17) is 17.3 Å². The Morgan fingerprint density at radius 3 is 2.75 bits per heavy atom. The lowest BCUT2D eigenvalue weighted by atomic mass is 10.3. The van der Waals surface area contributed by atoms with Crippen LogP contribution < -0.4 is 21.9 Å². The van der Waals surface area contributed by atoms with E-state index >= 15 is 0 Å². The fraction of sp³-hybridized carbons (Fsp3) is 0.250. The van der Waals surface area contributed by atoms with Crippen LogP contribution in [-0.2, 0) is 0 Å². The van der Waals surface area contributed by atoms with Crippen molar-refractivity contribution in [2.75, 3.05) is 17.7 Å². The van der Waals surface area contributed by atoms with E-state index in [2.05, 4.69) is 25.8 Å². The Labute approximate surface area is 186 Å². The minimum absolute atomic E-state index is 0.164. The molecule has 164 valence electrons. The summed E-state index contributed by atoms with van der Waals surface area (Å²) in [5, 5.41) is 15.0. The minimum atomic E-state index is -0.653. The number of nitrogens with two attached hydrogens (primary N) is 1. The molecule has 5 rings (SSSR count). The van der Waals surface area contributed by atoms with Crippen molar-refractivity contribution in [3.63, 3.8) is 0 Å². The maximum absolute atomic E-state index is 13.3. The van der Waals surface area contributed by atoms with Crippen LogP contribution in [0.5, 0.6) is 0 Å². The first-order chi connectivity index (χ1) is 15.4. The molecule has 0 unspecified atom stereocenters. The van der Waals surface area contributed by atoms with Crippen molar-refractivity contribution in [1.82, 2.24) is 28.9 Å². The monoisotopic (exact) mass is 453 g/mol. The van der Waals surface area contributed by atoms with Crippen molar-refractivity contribution in [2.24, 2.45) is 5.73 Å². The summed E-state index contributed by atoms with van der Waals surface area (Å²) in [6.07, 6.45) is 6.95. The van der Waals surface area contributed by atoms with Crippen molar-refractivity contribution >= 4 is 40.5 Å². The van der Waals surface area contributed by atoms with Crippen LogP contribution in [0.3, 0.4) is 0 Å². The Hall–Kier alpha value is -3.86. The minimum Gasteiger partial charge on any atom is -0.373 e. The highest BCUT2D eigenvalue weighted by Crippen LogP contribution is 2.35. The molecule has 0 spiro atoms. The van der Waals surface area contributed by atoms with Gasteiger partial charge in [-0.1, -0.05) is 11.6 Å². The molecule has 0 radical (unpaired) electrons. The molecule has 1 amide bonds.